The molecule has 2 N–H and O–H groups in total. The van der Waals surface area contributed by atoms with Crippen LogP contribution in [0.15, 0.2) is 48.8 Å². The van der Waals surface area contributed by atoms with E-state index in [-0.39, 0.29) is 6.03 Å². The van der Waals surface area contributed by atoms with Crippen molar-refractivity contribution in [3.63, 3.8) is 0 Å². The number of carbonyl (C=O) groups is 1. The Labute approximate surface area is 161 Å². The molecule has 0 aliphatic carbocycles. The van der Waals surface area contributed by atoms with Crippen molar-refractivity contribution >= 4 is 28.2 Å². The Kier molecular flexibility index (Phi) is 4.88. The number of rotatable bonds is 5. The molecule has 0 unspecified atom stereocenters. The Hall–Kier alpha value is -3.13. The molecule has 0 bridgehead atoms. The van der Waals surface area contributed by atoms with Crippen molar-refractivity contribution in [1.29, 1.82) is 0 Å². The number of hydrogen-bond donors (Lipinski definition) is 2. The molecule has 1 aliphatic heterocycles. The van der Waals surface area contributed by atoms with Crippen molar-refractivity contribution in [2.75, 3.05) is 30.4 Å². The maximum atomic E-state index is 11.3. The Morgan fingerprint density at radius 2 is 1.93 bits per heavy atom. The minimum atomic E-state index is -0.290. The molecule has 4 rings (SSSR count). The van der Waals surface area contributed by atoms with E-state index in [2.05, 4.69) is 25.5 Å². The predicted octanol–water partition coefficient (Wildman–Crippen LogP) is 3.96. The van der Waals surface area contributed by atoms with Gasteiger partial charge >= 0.3 is 6.03 Å². The van der Waals surface area contributed by atoms with Crippen LogP contribution in [0.1, 0.15) is 6.42 Å². The summed E-state index contributed by atoms with van der Waals surface area (Å²) < 4.78 is 5.77. The summed E-state index contributed by atoms with van der Waals surface area (Å²) >= 11 is 1.71. The van der Waals surface area contributed by atoms with Crippen LogP contribution >= 0.6 is 11.3 Å². The Balaban J connectivity index is 1.40. The minimum absolute atomic E-state index is 0.290. The zero-order valence-electron chi connectivity index (χ0n) is 14.8. The van der Waals surface area contributed by atoms with Crippen molar-refractivity contribution in [1.82, 2.24) is 15.3 Å². The molecule has 27 heavy (non-hydrogen) atoms. The molecule has 1 aliphatic rings. The Bertz CT molecular complexity index is 920. The van der Waals surface area contributed by atoms with Gasteiger partial charge in [0.1, 0.15) is 5.75 Å². The summed E-state index contributed by atoms with van der Waals surface area (Å²) in [5.74, 6) is 1.16. The number of benzene rings is 1. The molecule has 138 valence electrons. The van der Waals surface area contributed by atoms with Gasteiger partial charge in [-0.15, -0.1) is 0 Å². The highest BCUT2D eigenvalue weighted by molar-refractivity contribution is 7.18. The van der Waals surface area contributed by atoms with Gasteiger partial charge < -0.3 is 20.3 Å². The number of nitrogens with one attached hydrogen (secondary N) is 2. The normalized spacial score (nSPS) is 13.0. The van der Waals surface area contributed by atoms with Crippen molar-refractivity contribution in [3.05, 3.63) is 48.8 Å². The highest BCUT2D eigenvalue weighted by atomic mass is 32.1. The van der Waals surface area contributed by atoms with Crippen LogP contribution in [0.25, 0.3) is 10.4 Å². The lowest BCUT2D eigenvalue weighted by Gasteiger charge is -2.30. The van der Waals surface area contributed by atoms with Crippen LogP contribution in [0.3, 0.4) is 0 Å². The molecule has 8 heteroatoms. The fourth-order valence-corrected chi connectivity index (χ4v) is 3.54. The lowest BCUT2D eigenvalue weighted by Crippen LogP contribution is -2.36. The molecule has 2 amide bonds. The SMILES string of the molecule is CNC(=O)Nc1ccc(Oc2ccc(-c3cnc(N4CCC4)s3)cc2)nc1. The number of hydrogen-bond acceptors (Lipinski definition) is 6. The third-order valence-electron chi connectivity index (χ3n) is 4.20. The topological polar surface area (TPSA) is 79.4 Å². The number of amides is 2. The Morgan fingerprint density at radius 3 is 2.56 bits per heavy atom. The zero-order chi connectivity index (χ0) is 18.6. The van der Waals surface area contributed by atoms with Gasteiger partial charge in [0.15, 0.2) is 5.13 Å². The zero-order valence-corrected chi connectivity index (χ0v) is 15.6. The van der Waals surface area contributed by atoms with E-state index in [9.17, 15) is 4.79 Å². The summed E-state index contributed by atoms with van der Waals surface area (Å²) in [6.07, 6.45) is 4.72. The van der Waals surface area contributed by atoms with Crippen LogP contribution in [-0.2, 0) is 0 Å². The van der Waals surface area contributed by atoms with E-state index in [1.54, 1.807) is 36.7 Å². The third-order valence-corrected chi connectivity index (χ3v) is 5.31. The van der Waals surface area contributed by atoms with Crippen LogP contribution in [0.2, 0.25) is 0 Å². The number of thiazole rings is 1. The highest BCUT2D eigenvalue weighted by Crippen LogP contribution is 2.34. The highest BCUT2D eigenvalue weighted by Gasteiger charge is 2.18. The number of aromatic nitrogens is 2. The van der Waals surface area contributed by atoms with E-state index < -0.39 is 0 Å². The smallest absolute Gasteiger partial charge is 0.319 e. The first-order chi connectivity index (χ1) is 13.2. The molecule has 0 spiro atoms. The van der Waals surface area contributed by atoms with Crippen molar-refractivity contribution < 1.29 is 9.53 Å². The first kappa shape index (κ1) is 17.3. The van der Waals surface area contributed by atoms with Crippen LogP contribution in [0.5, 0.6) is 11.6 Å². The predicted molar refractivity (Wildman–Crippen MR) is 107 cm³/mol. The van der Waals surface area contributed by atoms with Gasteiger partial charge in [0.2, 0.25) is 5.88 Å². The van der Waals surface area contributed by atoms with Gasteiger partial charge in [-0.25, -0.2) is 14.8 Å². The molecule has 0 atom stereocenters. The summed E-state index contributed by atoms with van der Waals surface area (Å²) in [6.45, 7) is 2.20. The van der Waals surface area contributed by atoms with Crippen LogP contribution in [0.4, 0.5) is 15.6 Å². The molecular formula is C19H19N5O2S. The fourth-order valence-electron chi connectivity index (χ4n) is 2.57. The van der Waals surface area contributed by atoms with Gasteiger partial charge in [-0.3, -0.25) is 0 Å². The largest absolute Gasteiger partial charge is 0.439 e. The van der Waals surface area contributed by atoms with Crippen molar-refractivity contribution in [3.8, 4) is 22.1 Å². The summed E-state index contributed by atoms with van der Waals surface area (Å²) in [5, 5.41) is 6.22. The molecule has 3 aromatic rings. The number of ether oxygens (including phenoxy) is 1. The monoisotopic (exact) mass is 381 g/mol. The van der Waals surface area contributed by atoms with Gasteiger partial charge in [0.25, 0.3) is 0 Å². The van der Waals surface area contributed by atoms with E-state index in [0.717, 1.165) is 28.7 Å². The quantitative estimate of drug-likeness (QED) is 0.699. The second kappa shape index (κ2) is 7.63. The average molecular weight is 381 g/mol. The molecule has 0 saturated carbocycles. The number of urea groups is 1. The second-order valence-corrected chi connectivity index (χ2v) is 7.07. The van der Waals surface area contributed by atoms with Crippen molar-refractivity contribution in [2.24, 2.45) is 0 Å². The number of carbonyl (C=O) groups excluding carboxylic acids is 1. The lowest BCUT2D eigenvalue weighted by atomic mass is 10.2. The van der Waals surface area contributed by atoms with Gasteiger partial charge in [0, 0.05) is 32.4 Å². The van der Waals surface area contributed by atoms with Gasteiger partial charge in [-0.05, 0) is 42.3 Å². The molecule has 3 heterocycles. The Morgan fingerprint density at radius 1 is 1.11 bits per heavy atom. The molecule has 1 aromatic carbocycles. The van der Waals surface area contributed by atoms with Crippen LogP contribution in [0, 0.1) is 0 Å². The third kappa shape index (κ3) is 4.01. The van der Waals surface area contributed by atoms with E-state index >= 15 is 0 Å². The van der Waals surface area contributed by atoms with Gasteiger partial charge in [-0.1, -0.05) is 11.3 Å². The van der Waals surface area contributed by atoms with Crippen LogP contribution in [-0.4, -0.2) is 36.1 Å². The molecule has 1 fully saturated rings. The number of nitrogens with zero attached hydrogens (tertiary/aromatic N) is 3. The molecule has 1 saturated heterocycles. The van der Waals surface area contributed by atoms with E-state index in [0.29, 0.717) is 17.3 Å². The lowest BCUT2D eigenvalue weighted by molar-refractivity contribution is 0.254. The summed E-state index contributed by atoms with van der Waals surface area (Å²) in [5.41, 5.74) is 1.71. The van der Waals surface area contributed by atoms with Gasteiger partial charge in [-0.2, -0.15) is 0 Å². The van der Waals surface area contributed by atoms with E-state index in [1.807, 2.05) is 30.5 Å². The molecule has 7 nitrogen and oxygen atoms in total. The molecular weight excluding hydrogens is 362 g/mol. The van der Waals surface area contributed by atoms with E-state index in [4.69, 9.17) is 4.74 Å². The van der Waals surface area contributed by atoms with E-state index in [1.165, 1.54) is 6.42 Å². The number of pyridine rings is 1. The van der Waals surface area contributed by atoms with Crippen molar-refractivity contribution in [2.45, 2.75) is 6.42 Å². The summed E-state index contributed by atoms with van der Waals surface area (Å²) in [6, 6.07) is 11.0. The summed E-state index contributed by atoms with van der Waals surface area (Å²) in [4.78, 5) is 23.4. The minimum Gasteiger partial charge on any atom is -0.439 e. The maximum absolute atomic E-state index is 11.3. The molecule has 0 radical (unpaired) electrons. The standard InChI is InChI=1S/C19H19N5O2S/c1-20-18(25)23-14-5-8-17(21-11-14)26-15-6-3-13(4-7-15)16-12-22-19(27-16)24-9-2-10-24/h3-8,11-12H,2,9-10H2,1H3,(H2,20,23,25). The second-order valence-electron chi connectivity index (χ2n) is 6.06. The first-order valence-corrected chi connectivity index (χ1v) is 9.47. The van der Waals surface area contributed by atoms with Gasteiger partial charge in [0.05, 0.1) is 16.8 Å². The fraction of sp³-hybridized carbons (Fsp3) is 0.211. The average Bonchev–Trinajstić information content (AvgIpc) is 3.12. The van der Waals surface area contributed by atoms with Crippen LogP contribution < -0.4 is 20.3 Å². The summed E-state index contributed by atoms with van der Waals surface area (Å²) in [7, 11) is 1.56. The number of anilines is 2. The first-order valence-electron chi connectivity index (χ1n) is 8.65. The molecule has 2 aromatic heterocycles. The maximum Gasteiger partial charge on any atom is 0.319 e.